The fourth-order valence-corrected chi connectivity index (χ4v) is 1.53. The minimum Gasteiger partial charge on any atom is -0.463 e. The van der Waals surface area contributed by atoms with Crippen LogP contribution < -0.4 is 0 Å². The zero-order valence-electron chi connectivity index (χ0n) is 15.2. The Labute approximate surface area is 139 Å². The van der Waals surface area contributed by atoms with Gasteiger partial charge in [-0.25, -0.2) is 0 Å². The lowest BCUT2D eigenvalue weighted by Gasteiger charge is -2.19. The first-order chi connectivity index (χ1) is 10.7. The van der Waals surface area contributed by atoms with Crippen molar-refractivity contribution < 1.29 is 28.5 Å². The van der Waals surface area contributed by atoms with Crippen LogP contribution in [0, 0.1) is 5.92 Å². The summed E-state index contributed by atoms with van der Waals surface area (Å²) in [5.41, 5.74) is -0.149. The molecule has 0 aromatic rings. The molecule has 136 valence electrons. The average Bonchev–Trinajstić information content (AvgIpc) is 2.45. The van der Waals surface area contributed by atoms with E-state index in [1.807, 2.05) is 34.6 Å². The van der Waals surface area contributed by atoms with Gasteiger partial charge < -0.3 is 18.9 Å². The zero-order valence-corrected chi connectivity index (χ0v) is 15.2. The predicted molar refractivity (Wildman–Crippen MR) is 87.4 cm³/mol. The number of hydrogen-bond acceptors (Lipinski definition) is 6. The molecule has 0 bridgehead atoms. The number of carbonyl (C=O) groups excluding carboxylic acids is 2. The van der Waals surface area contributed by atoms with Crippen molar-refractivity contribution in [2.24, 2.45) is 5.92 Å². The number of esters is 1. The highest BCUT2D eigenvalue weighted by Gasteiger charge is 2.11. The van der Waals surface area contributed by atoms with Gasteiger partial charge in [-0.15, -0.1) is 0 Å². The molecule has 0 aliphatic rings. The molecule has 0 aliphatic heterocycles. The van der Waals surface area contributed by atoms with Gasteiger partial charge in [0.25, 0.3) is 0 Å². The summed E-state index contributed by atoms with van der Waals surface area (Å²) < 4.78 is 21.1. The normalized spacial score (nSPS) is 11.7. The summed E-state index contributed by atoms with van der Waals surface area (Å²) in [7, 11) is 0. The summed E-state index contributed by atoms with van der Waals surface area (Å²) in [4.78, 5) is 22.8. The second-order valence-electron chi connectivity index (χ2n) is 6.53. The van der Waals surface area contributed by atoms with E-state index < -0.39 is 0 Å². The van der Waals surface area contributed by atoms with Crippen molar-refractivity contribution in [1.29, 1.82) is 0 Å². The van der Waals surface area contributed by atoms with Gasteiger partial charge in [-0.05, 0) is 20.8 Å². The minimum atomic E-state index is -0.363. The molecule has 0 spiro atoms. The van der Waals surface area contributed by atoms with Gasteiger partial charge in [-0.3, -0.25) is 9.59 Å². The molecule has 6 nitrogen and oxygen atoms in total. The van der Waals surface area contributed by atoms with E-state index in [4.69, 9.17) is 18.9 Å². The molecular weight excluding hydrogens is 300 g/mol. The van der Waals surface area contributed by atoms with Gasteiger partial charge in [0.05, 0.1) is 45.1 Å². The summed E-state index contributed by atoms with van der Waals surface area (Å²) in [6.07, 6.45) is 0.371. The Balaban J connectivity index is 3.33. The molecule has 0 N–H and O–H groups in total. The monoisotopic (exact) mass is 332 g/mol. The first kappa shape index (κ1) is 22.0. The molecule has 23 heavy (non-hydrogen) atoms. The molecule has 0 heterocycles. The molecule has 0 rings (SSSR count). The molecule has 0 amide bonds. The van der Waals surface area contributed by atoms with Gasteiger partial charge in [0, 0.05) is 12.3 Å². The summed E-state index contributed by atoms with van der Waals surface area (Å²) in [5.74, 6) is -0.330. The number of carbonyl (C=O) groups is 2. The molecule has 0 aromatic heterocycles. The first-order valence-electron chi connectivity index (χ1n) is 8.20. The van der Waals surface area contributed by atoms with Crippen LogP contribution in [0.4, 0.5) is 0 Å². The summed E-state index contributed by atoms with van der Waals surface area (Å²) in [6, 6.07) is 0. The van der Waals surface area contributed by atoms with Crippen LogP contribution in [0.2, 0.25) is 0 Å². The highest BCUT2D eigenvalue weighted by atomic mass is 16.6. The Hall–Kier alpha value is -0.980. The molecule has 0 aromatic carbocycles. The number of hydrogen-bond donors (Lipinski definition) is 0. The molecule has 0 unspecified atom stereocenters. The van der Waals surface area contributed by atoms with Crippen molar-refractivity contribution in [1.82, 2.24) is 0 Å². The zero-order chi connectivity index (χ0) is 17.7. The van der Waals surface area contributed by atoms with Crippen LogP contribution in [0.5, 0.6) is 0 Å². The van der Waals surface area contributed by atoms with Crippen LogP contribution >= 0.6 is 0 Å². The molecule has 6 heteroatoms. The van der Waals surface area contributed by atoms with Gasteiger partial charge in [0.15, 0.2) is 0 Å². The van der Waals surface area contributed by atoms with E-state index in [1.165, 1.54) is 0 Å². The largest absolute Gasteiger partial charge is 0.463 e. The lowest BCUT2D eigenvalue weighted by Crippen LogP contribution is -2.22. The molecule has 0 radical (unpaired) electrons. The van der Waals surface area contributed by atoms with Crippen molar-refractivity contribution in [2.75, 3.05) is 39.6 Å². The van der Waals surface area contributed by atoms with Crippen LogP contribution in [0.25, 0.3) is 0 Å². The Bertz CT molecular complexity index is 332. The highest BCUT2D eigenvalue weighted by molar-refractivity contribution is 5.84. The third kappa shape index (κ3) is 15.7. The van der Waals surface area contributed by atoms with Crippen LogP contribution in [0.15, 0.2) is 0 Å². The maximum absolute atomic E-state index is 11.4. The molecule has 0 saturated heterocycles. The van der Waals surface area contributed by atoms with Crippen molar-refractivity contribution in [2.45, 2.75) is 53.1 Å². The molecule has 0 fully saturated rings. The van der Waals surface area contributed by atoms with Gasteiger partial charge >= 0.3 is 5.97 Å². The van der Waals surface area contributed by atoms with E-state index in [0.29, 0.717) is 33.0 Å². The third-order valence-electron chi connectivity index (χ3n) is 2.84. The fourth-order valence-electron chi connectivity index (χ4n) is 1.53. The van der Waals surface area contributed by atoms with E-state index >= 15 is 0 Å². The van der Waals surface area contributed by atoms with Gasteiger partial charge in [0.2, 0.25) is 0 Å². The van der Waals surface area contributed by atoms with Gasteiger partial charge in [0.1, 0.15) is 12.4 Å². The second-order valence-corrected chi connectivity index (χ2v) is 6.53. The number of ether oxygens (including phenoxy) is 4. The smallest absolute Gasteiger partial charge is 0.306 e. The molecule has 0 saturated carbocycles. The van der Waals surface area contributed by atoms with Crippen LogP contribution in [0.1, 0.15) is 47.5 Å². The summed E-state index contributed by atoms with van der Waals surface area (Å²) in [6.45, 7) is 12.1. The average molecular weight is 332 g/mol. The van der Waals surface area contributed by atoms with E-state index in [9.17, 15) is 9.59 Å². The van der Waals surface area contributed by atoms with Gasteiger partial charge in [-0.2, -0.15) is 0 Å². The van der Waals surface area contributed by atoms with Crippen LogP contribution in [0.3, 0.4) is 0 Å². The summed E-state index contributed by atoms with van der Waals surface area (Å²) in [5, 5.41) is 0. The lowest BCUT2D eigenvalue weighted by molar-refractivity contribution is -0.146. The standard InChI is InChI=1S/C17H32O6/c1-14(2)15(18)6-7-16(19)22-12-10-20-8-9-21-11-13-23-17(3,4)5/h14H,6-13H2,1-5H3. The molecule has 0 atom stereocenters. The van der Waals surface area contributed by atoms with Crippen molar-refractivity contribution in [3.05, 3.63) is 0 Å². The number of ketones is 1. The highest BCUT2D eigenvalue weighted by Crippen LogP contribution is 2.05. The maximum Gasteiger partial charge on any atom is 0.306 e. The summed E-state index contributed by atoms with van der Waals surface area (Å²) >= 11 is 0. The third-order valence-corrected chi connectivity index (χ3v) is 2.84. The molecule has 0 aliphatic carbocycles. The van der Waals surface area contributed by atoms with Crippen LogP contribution in [-0.4, -0.2) is 57.0 Å². The topological polar surface area (TPSA) is 71.1 Å². The predicted octanol–water partition coefficient (Wildman–Crippen LogP) is 2.38. The number of Topliss-reactive ketones (excluding diaryl/α,β-unsaturated/α-hetero) is 1. The van der Waals surface area contributed by atoms with E-state index in [-0.39, 0.29) is 42.7 Å². The maximum atomic E-state index is 11.4. The van der Waals surface area contributed by atoms with E-state index in [2.05, 4.69) is 0 Å². The van der Waals surface area contributed by atoms with E-state index in [1.54, 1.807) is 0 Å². The Kier molecular flexibility index (Phi) is 11.9. The van der Waals surface area contributed by atoms with Crippen molar-refractivity contribution in [3.8, 4) is 0 Å². The van der Waals surface area contributed by atoms with Crippen molar-refractivity contribution >= 4 is 11.8 Å². The quantitative estimate of drug-likeness (QED) is 0.381. The van der Waals surface area contributed by atoms with Gasteiger partial charge in [-0.1, -0.05) is 13.8 Å². The number of rotatable bonds is 13. The Morgan fingerprint density at radius 2 is 1.35 bits per heavy atom. The SMILES string of the molecule is CC(C)C(=O)CCC(=O)OCCOCCOCCOC(C)(C)C. The Morgan fingerprint density at radius 3 is 1.87 bits per heavy atom. The lowest BCUT2D eigenvalue weighted by atomic mass is 10.1. The first-order valence-corrected chi connectivity index (χ1v) is 8.20. The Morgan fingerprint density at radius 1 is 0.826 bits per heavy atom. The molecular formula is C17H32O6. The van der Waals surface area contributed by atoms with Crippen molar-refractivity contribution in [3.63, 3.8) is 0 Å². The second kappa shape index (κ2) is 12.4. The van der Waals surface area contributed by atoms with Crippen LogP contribution in [-0.2, 0) is 28.5 Å². The van der Waals surface area contributed by atoms with E-state index in [0.717, 1.165) is 0 Å². The fraction of sp³-hybridized carbons (Fsp3) is 0.882. The minimum absolute atomic E-state index is 0.0417.